The quantitative estimate of drug-likeness (QED) is 0.604. The zero-order valence-electron chi connectivity index (χ0n) is 19.7. The number of hydrogen-bond acceptors (Lipinski definition) is 4. The number of carbonyl (C=O) groups excluding carboxylic acids is 2. The number of nitrogens with one attached hydrogen (secondary N) is 1. The fourth-order valence-electron chi connectivity index (χ4n) is 5.33. The zero-order valence-corrected chi connectivity index (χ0v) is 19.7. The van der Waals surface area contributed by atoms with Crippen LogP contribution in [-0.4, -0.2) is 53.2 Å². The number of carboxylic acids is 1. The number of aliphatic carboxylic acids is 1. The van der Waals surface area contributed by atoms with Gasteiger partial charge in [-0.2, -0.15) is 0 Å². The summed E-state index contributed by atoms with van der Waals surface area (Å²) in [4.78, 5) is 38.6. The van der Waals surface area contributed by atoms with Gasteiger partial charge in [-0.1, -0.05) is 61.9 Å². The second-order valence-corrected chi connectivity index (χ2v) is 9.22. The average molecular weight is 465 g/mol. The van der Waals surface area contributed by atoms with Gasteiger partial charge in [0.2, 0.25) is 5.91 Å². The van der Waals surface area contributed by atoms with E-state index >= 15 is 0 Å². The molecule has 1 aliphatic heterocycles. The van der Waals surface area contributed by atoms with Crippen molar-refractivity contribution in [1.82, 2.24) is 10.2 Å². The maximum atomic E-state index is 12.9. The third-order valence-corrected chi connectivity index (χ3v) is 7.12. The highest BCUT2D eigenvalue weighted by Crippen LogP contribution is 2.44. The molecule has 1 heterocycles. The molecule has 0 aromatic heterocycles. The smallest absolute Gasteiger partial charge is 0.407 e. The molecule has 2 aromatic rings. The second kappa shape index (κ2) is 10.3. The van der Waals surface area contributed by atoms with E-state index in [-0.39, 0.29) is 36.9 Å². The topological polar surface area (TPSA) is 95.9 Å². The van der Waals surface area contributed by atoms with Crippen molar-refractivity contribution in [2.45, 2.75) is 57.5 Å². The Hall–Kier alpha value is -3.35. The molecule has 2 amide bonds. The van der Waals surface area contributed by atoms with Crippen LogP contribution in [0, 0.1) is 5.92 Å². The van der Waals surface area contributed by atoms with Gasteiger partial charge in [0.1, 0.15) is 6.61 Å². The van der Waals surface area contributed by atoms with Crippen LogP contribution in [0.4, 0.5) is 4.79 Å². The van der Waals surface area contributed by atoms with E-state index in [0.29, 0.717) is 19.4 Å². The molecule has 0 saturated carbocycles. The number of alkyl carbamates (subject to hydrolysis) is 1. The van der Waals surface area contributed by atoms with Gasteiger partial charge in [0.25, 0.3) is 0 Å². The molecule has 34 heavy (non-hydrogen) atoms. The molecule has 7 nitrogen and oxygen atoms in total. The SMILES string of the molecule is CCCC(CC(=O)N1CCC(C(=O)O)C1C)NC(=O)OCC1c2ccccc2-c2ccccc21. The van der Waals surface area contributed by atoms with Gasteiger partial charge in [0.05, 0.1) is 5.92 Å². The molecule has 0 spiro atoms. The molecule has 7 heteroatoms. The first-order valence-electron chi connectivity index (χ1n) is 12.0. The van der Waals surface area contributed by atoms with E-state index in [1.54, 1.807) is 11.8 Å². The Morgan fingerprint density at radius 3 is 2.26 bits per heavy atom. The van der Waals surface area contributed by atoms with Crippen molar-refractivity contribution >= 4 is 18.0 Å². The van der Waals surface area contributed by atoms with Crippen molar-refractivity contribution in [1.29, 1.82) is 0 Å². The Morgan fingerprint density at radius 1 is 1.09 bits per heavy atom. The standard InChI is InChI=1S/C27H32N2O5/c1-3-8-18(15-25(30)29-14-13-19(17(29)2)26(31)32)28-27(33)34-16-24-22-11-6-4-9-20(22)21-10-5-7-12-23(21)24/h4-7,9-12,17-19,24H,3,8,13-16H2,1-2H3,(H,28,33)(H,31,32). The van der Waals surface area contributed by atoms with Crippen molar-refractivity contribution in [3.8, 4) is 11.1 Å². The van der Waals surface area contributed by atoms with E-state index in [1.165, 1.54) is 11.1 Å². The summed E-state index contributed by atoms with van der Waals surface area (Å²) in [5.74, 6) is -1.57. The Labute approximate surface area is 200 Å². The van der Waals surface area contributed by atoms with Crippen LogP contribution in [-0.2, 0) is 14.3 Å². The van der Waals surface area contributed by atoms with E-state index in [2.05, 4.69) is 29.6 Å². The number of nitrogens with zero attached hydrogens (tertiary/aromatic N) is 1. The maximum Gasteiger partial charge on any atom is 0.407 e. The van der Waals surface area contributed by atoms with Crippen LogP contribution in [0.1, 0.15) is 56.6 Å². The summed E-state index contributed by atoms with van der Waals surface area (Å²) in [6.45, 7) is 4.42. The molecule has 3 unspecified atom stereocenters. The van der Waals surface area contributed by atoms with Crippen LogP contribution < -0.4 is 5.32 Å². The van der Waals surface area contributed by atoms with E-state index in [4.69, 9.17) is 4.74 Å². The number of likely N-dealkylation sites (tertiary alicyclic amines) is 1. The first-order chi connectivity index (χ1) is 16.4. The van der Waals surface area contributed by atoms with E-state index < -0.39 is 18.0 Å². The molecule has 0 radical (unpaired) electrons. The Bertz CT molecular complexity index is 1020. The lowest BCUT2D eigenvalue weighted by molar-refractivity contribution is -0.143. The molecule has 2 aliphatic rings. The molecule has 2 N–H and O–H groups in total. The largest absolute Gasteiger partial charge is 0.481 e. The van der Waals surface area contributed by atoms with Gasteiger partial charge >= 0.3 is 12.1 Å². The minimum atomic E-state index is -0.871. The van der Waals surface area contributed by atoms with E-state index in [0.717, 1.165) is 17.5 Å². The number of rotatable bonds is 8. The second-order valence-electron chi connectivity index (χ2n) is 9.22. The van der Waals surface area contributed by atoms with Crippen LogP contribution in [0.15, 0.2) is 48.5 Å². The first kappa shape index (κ1) is 23.8. The fourth-order valence-corrected chi connectivity index (χ4v) is 5.33. The number of amides is 2. The summed E-state index contributed by atoms with van der Waals surface area (Å²) < 4.78 is 5.64. The molecule has 180 valence electrons. The van der Waals surface area contributed by atoms with Crippen LogP contribution in [0.3, 0.4) is 0 Å². The van der Waals surface area contributed by atoms with Crippen molar-refractivity contribution in [2.24, 2.45) is 5.92 Å². The highest BCUT2D eigenvalue weighted by atomic mass is 16.5. The number of fused-ring (bicyclic) bond motifs is 3. The van der Waals surface area contributed by atoms with Crippen LogP contribution in [0.25, 0.3) is 11.1 Å². The third-order valence-electron chi connectivity index (χ3n) is 7.12. The lowest BCUT2D eigenvalue weighted by Crippen LogP contribution is -2.43. The van der Waals surface area contributed by atoms with Crippen molar-refractivity contribution in [2.75, 3.05) is 13.2 Å². The molecule has 4 rings (SSSR count). The van der Waals surface area contributed by atoms with Crippen molar-refractivity contribution < 1.29 is 24.2 Å². The van der Waals surface area contributed by atoms with Crippen LogP contribution >= 0.6 is 0 Å². The average Bonchev–Trinajstić information content (AvgIpc) is 3.36. The summed E-state index contributed by atoms with van der Waals surface area (Å²) in [6.07, 6.45) is 1.50. The molecular formula is C27H32N2O5. The monoisotopic (exact) mass is 464 g/mol. The summed E-state index contributed by atoms with van der Waals surface area (Å²) in [7, 11) is 0. The minimum Gasteiger partial charge on any atom is -0.481 e. The Balaban J connectivity index is 1.36. The number of carbonyl (C=O) groups is 3. The normalized spacial score (nSPS) is 19.9. The minimum absolute atomic E-state index is 0.0252. The van der Waals surface area contributed by atoms with Gasteiger partial charge < -0.3 is 20.1 Å². The Kier molecular flexibility index (Phi) is 7.20. The van der Waals surface area contributed by atoms with Gasteiger partial charge in [-0.3, -0.25) is 9.59 Å². The Morgan fingerprint density at radius 2 is 1.71 bits per heavy atom. The van der Waals surface area contributed by atoms with Crippen LogP contribution in [0.5, 0.6) is 0 Å². The van der Waals surface area contributed by atoms with Gasteiger partial charge in [-0.05, 0) is 42.0 Å². The fraction of sp³-hybridized carbons (Fsp3) is 0.444. The number of benzene rings is 2. The predicted octanol–water partition coefficient (Wildman–Crippen LogP) is 4.41. The molecule has 0 bridgehead atoms. The van der Waals surface area contributed by atoms with Gasteiger partial charge in [0.15, 0.2) is 0 Å². The molecule has 2 aromatic carbocycles. The molecular weight excluding hydrogens is 432 g/mol. The van der Waals surface area contributed by atoms with Gasteiger partial charge in [0, 0.05) is 31.0 Å². The molecule has 1 saturated heterocycles. The van der Waals surface area contributed by atoms with Crippen molar-refractivity contribution in [3.63, 3.8) is 0 Å². The summed E-state index contributed by atoms with van der Waals surface area (Å²) in [5.41, 5.74) is 4.63. The summed E-state index contributed by atoms with van der Waals surface area (Å²) in [6, 6.07) is 15.6. The molecule has 1 fully saturated rings. The van der Waals surface area contributed by atoms with Gasteiger partial charge in [-0.25, -0.2) is 4.79 Å². The number of ether oxygens (including phenoxy) is 1. The van der Waals surface area contributed by atoms with Gasteiger partial charge in [-0.15, -0.1) is 0 Å². The highest BCUT2D eigenvalue weighted by molar-refractivity contribution is 5.81. The lowest BCUT2D eigenvalue weighted by Gasteiger charge is -2.26. The summed E-state index contributed by atoms with van der Waals surface area (Å²) >= 11 is 0. The van der Waals surface area contributed by atoms with Crippen LogP contribution in [0.2, 0.25) is 0 Å². The molecule has 3 atom stereocenters. The highest BCUT2D eigenvalue weighted by Gasteiger charge is 2.38. The van der Waals surface area contributed by atoms with E-state index in [1.807, 2.05) is 31.2 Å². The molecule has 1 aliphatic carbocycles. The predicted molar refractivity (Wildman–Crippen MR) is 128 cm³/mol. The zero-order chi connectivity index (χ0) is 24.2. The third kappa shape index (κ3) is 4.79. The maximum absolute atomic E-state index is 12.9. The first-order valence-corrected chi connectivity index (χ1v) is 12.0. The van der Waals surface area contributed by atoms with Crippen molar-refractivity contribution in [3.05, 3.63) is 59.7 Å². The lowest BCUT2D eigenvalue weighted by atomic mass is 9.98. The number of carboxylic acid groups (broad SMARTS) is 1. The summed E-state index contributed by atoms with van der Waals surface area (Å²) in [5, 5.41) is 12.2. The number of hydrogen-bond donors (Lipinski definition) is 2. The van der Waals surface area contributed by atoms with E-state index in [9.17, 15) is 19.5 Å².